The number of halogens is 4. The number of aromatic nitrogens is 6. The van der Waals surface area contributed by atoms with Crippen LogP contribution in [0.1, 0.15) is 42.4 Å². The molecule has 0 aliphatic carbocycles. The Labute approximate surface area is 227 Å². The van der Waals surface area contributed by atoms with Crippen molar-refractivity contribution >= 4 is 11.9 Å². The van der Waals surface area contributed by atoms with Crippen LogP contribution in [0.4, 0.5) is 17.6 Å². The van der Waals surface area contributed by atoms with Gasteiger partial charge in [-0.3, -0.25) is 14.4 Å². The predicted molar refractivity (Wildman–Crippen MR) is 143 cm³/mol. The Bertz CT molecular complexity index is 1690. The molecule has 8 nitrogen and oxygen atoms in total. The van der Waals surface area contributed by atoms with Crippen molar-refractivity contribution in [2.24, 2.45) is 12.0 Å². The highest BCUT2D eigenvalue weighted by atomic mass is 19.1. The molecule has 0 amide bonds. The topological polar surface area (TPSA) is 90.8 Å². The highest BCUT2D eigenvalue weighted by Gasteiger charge is 2.22. The summed E-state index contributed by atoms with van der Waals surface area (Å²) in [5.41, 5.74) is -1.33. The van der Waals surface area contributed by atoms with Gasteiger partial charge in [0.05, 0.1) is 24.2 Å². The molecule has 4 rings (SSSR count). The molecule has 4 aromatic rings. The van der Waals surface area contributed by atoms with Gasteiger partial charge in [-0.15, -0.1) is 0 Å². The molecule has 0 bridgehead atoms. The minimum absolute atomic E-state index is 0.0707. The fraction of sp³-hybridized carbons (Fsp3) is 0.214. The van der Waals surface area contributed by atoms with Crippen molar-refractivity contribution in [1.82, 2.24) is 29.3 Å². The lowest BCUT2D eigenvalue weighted by atomic mass is 9.97. The van der Waals surface area contributed by atoms with Gasteiger partial charge in [0.1, 0.15) is 23.7 Å². The zero-order valence-electron chi connectivity index (χ0n) is 22.1. The number of hydrogen-bond donors (Lipinski definition) is 0. The number of aryl methyl sites for hydroxylation is 2. The first kappa shape index (κ1) is 28.3. The van der Waals surface area contributed by atoms with E-state index in [0.717, 1.165) is 23.2 Å². The van der Waals surface area contributed by atoms with Crippen LogP contribution in [-0.2, 0) is 13.5 Å². The summed E-state index contributed by atoms with van der Waals surface area (Å²) in [4.78, 5) is 28.8. The van der Waals surface area contributed by atoms with Crippen LogP contribution in [-0.4, -0.2) is 35.0 Å². The fourth-order valence-electron chi connectivity index (χ4n) is 4.11. The van der Waals surface area contributed by atoms with E-state index in [9.17, 15) is 9.18 Å². The molecule has 40 heavy (non-hydrogen) atoms. The molecule has 0 saturated heterocycles. The molecule has 206 valence electrons. The Hall–Kier alpha value is -4.74. The van der Waals surface area contributed by atoms with Crippen molar-refractivity contribution in [3.63, 3.8) is 0 Å². The monoisotopic (exact) mass is 551 g/mol. The smallest absolute Gasteiger partial charge is 0.283 e. The Morgan fingerprint density at radius 3 is 2.50 bits per heavy atom. The quantitative estimate of drug-likeness (QED) is 0.219. The van der Waals surface area contributed by atoms with E-state index in [2.05, 4.69) is 25.0 Å². The van der Waals surface area contributed by atoms with Gasteiger partial charge in [-0.1, -0.05) is 19.1 Å². The second kappa shape index (κ2) is 12.0. The largest absolute Gasteiger partial charge is 0.291 e. The minimum atomic E-state index is -1.10. The van der Waals surface area contributed by atoms with E-state index in [1.807, 2.05) is 0 Å². The van der Waals surface area contributed by atoms with Gasteiger partial charge in [0.2, 0.25) is 0 Å². The first-order chi connectivity index (χ1) is 19.1. The Kier molecular flexibility index (Phi) is 8.46. The summed E-state index contributed by atoms with van der Waals surface area (Å²) in [7, 11) is 1.59. The van der Waals surface area contributed by atoms with Gasteiger partial charge >= 0.3 is 0 Å². The molecule has 0 N–H and O–H groups in total. The summed E-state index contributed by atoms with van der Waals surface area (Å²) >= 11 is 0. The van der Waals surface area contributed by atoms with E-state index < -0.39 is 40.5 Å². The molecule has 0 saturated carbocycles. The summed E-state index contributed by atoms with van der Waals surface area (Å²) in [6.07, 6.45) is 6.98. The third-order valence-electron chi connectivity index (χ3n) is 6.13. The summed E-state index contributed by atoms with van der Waals surface area (Å²) in [5.74, 6) is -3.61. The van der Waals surface area contributed by atoms with E-state index in [4.69, 9.17) is 0 Å². The lowest BCUT2D eigenvalue weighted by Gasteiger charge is -2.15. The van der Waals surface area contributed by atoms with Crippen LogP contribution < -0.4 is 5.56 Å². The molecule has 0 spiro atoms. The summed E-state index contributed by atoms with van der Waals surface area (Å²) in [5, 5.41) is 3.94. The van der Waals surface area contributed by atoms with Crippen LogP contribution in [0, 0.1) is 24.4 Å². The zero-order valence-corrected chi connectivity index (χ0v) is 22.1. The van der Waals surface area contributed by atoms with Crippen LogP contribution in [0.5, 0.6) is 0 Å². The first-order valence-electron chi connectivity index (χ1n) is 12.2. The normalized spacial score (nSPS) is 13.3. The summed E-state index contributed by atoms with van der Waals surface area (Å²) in [6.45, 7) is 4.82. The number of nitrogens with zero attached hydrogens (tertiary/aromatic N) is 7. The van der Waals surface area contributed by atoms with Crippen LogP contribution in [0.3, 0.4) is 0 Å². The molecule has 1 aromatic carbocycles. The van der Waals surface area contributed by atoms with E-state index in [1.54, 1.807) is 20.9 Å². The van der Waals surface area contributed by atoms with Crippen molar-refractivity contribution < 1.29 is 17.6 Å². The molecule has 1 atom stereocenters. The Morgan fingerprint density at radius 2 is 1.85 bits per heavy atom. The van der Waals surface area contributed by atoms with Gasteiger partial charge in [-0.25, -0.2) is 37.2 Å². The van der Waals surface area contributed by atoms with Crippen molar-refractivity contribution in [3.05, 3.63) is 112 Å². The van der Waals surface area contributed by atoms with Crippen LogP contribution in [0.15, 0.2) is 70.9 Å². The second-order valence-electron chi connectivity index (χ2n) is 8.96. The van der Waals surface area contributed by atoms with E-state index in [0.29, 0.717) is 0 Å². The van der Waals surface area contributed by atoms with Gasteiger partial charge in [-0.05, 0) is 43.5 Å². The first-order valence-corrected chi connectivity index (χ1v) is 12.2. The third-order valence-corrected chi connectivity index (χ3v) is 6.13. The lowest BCUT2D eigenvalue weighted by molar-refractivity contribution is 0.555. The zero-order chi connectivity index (χ0) is 29.0. The number of rotatable bonds is 8. The molecule has 1 unspecified atom stereocenters. The van der Waals surface area contributed by atoms with Crippen molar-refractivity contribution in [3.8, 4) is 11.4 Å². The number of benzene rings is 1. The molecule has 0 aliphatic heterocycles. The molecule has 3 heterocycles. The van der Waals surface area contributed by atoms with E-state index >= 15 is 13.2 Å². The van der Waals surface area contributed by atoms with Crippen molar-refractivity contribution in [2.45, 2.75) is 33.1 Å². The molecular formula is C28H25F4N7O. The standard InChI is InChI=1S/C28H25F4N7O/c1-5-9-33-26(19-7-6-8-20(24(19)31)27-36-15-37-38(27)4)22(30)14-39-17(3)11-21(25(32)28(39)40)16(2)10-23-34-12-18(29)13-35-23/h5-9,11-16H,10H2,1-4H3/b9-5+,22-14-,33-26+. The van der Waals surface area contributed by atoms with Crippen LogP contribution in [0.2, 0.25) is 0 Å². The van der Waals surface area contributed by atoms with Crippen LogP contribution >= 0.6 is 0 Å². The SMILES string of the molecule is C/C=C/N=C(/C(F)=C/n1c(C)cc(C(C)Cc2ncc(F)cn2)c(F)c1=O)c1cccc(-c2ncnn2C)c1F. The maximum absolute atomic E-state index is 15.7. The molecule has 12 heteroatoms. The highest BCUT2D eigenvalue weighted by Crippen LogP contribution is 2.26. The maximum atomic E-state index is 15.7. The van der Waals surface area contributed by atoms with Crippen molar-refractivity contribution in [2.75, 3.05) is 0 Å². The molecule has 0 radical (unpaired) electrons. The molecule has 0 aliphatic rings. The van der Waals surface area contributed by atoms with Gasteiger partial charge < -0.3 is 0 Å². The molecule has 3 aromatic heterocycles. The second-order valence-corrected chi connectivity index (χ2v) is 8.96. The van der Waals surface area contributed by atoms with Gasteiger partial charge in [0, 0.05) is 30.9 Å². The number of pyridine rings is 1. The average molecular weight is 552 g/mol. The average Bonchev–Trinajstić information content (AvgIpc) is 3.36. The van der Waals surface area contributed by atoms with E-state index in [-0.39, 0.29) is 40.5 Å². The molecule has 0 fully saturated rings. The molecular weight excluding hydrogens is 526 g/mol. The third kappa shape index (κ3) is 5.80. The number of hydrogen-bond acceptors (Lipinski definition) is 6. The van der Waals surface area contributed by atoms with Crippen molar-refractivity contribution in [1.29, 1.82) is 0 Å². The van der Waals surface area contributed by atoms with Crippen LogP contribution in [0.25, 0.3) is 17.6 Å². The maximum Gasteiger partial charge on any atom is 0.291 e. The highest BCUT2D eigenvalue weighted by molar-refractivity contribution is 6.13. The summed E-state index contributed by atoms with van der Waals surface area (Å²) < 4.78 is 61.9. The Morgan fingerprint density at radius 1 is 1.12 bits per heavy atom. The van der Waals surface area contributed by atoms with Gasteiger partial charge in [0.25, 0.3) is 5.56 Å². The number of allylic oxidation sites excluding steroid dienone is 2. The van der Waals surface area contributed by atoms with Gasteiger partial charge in [-0.2, -0.15) is 5.10 Å². The Balaban J connectivity index is 1.75. The predicted octanol–water partition coefficient (Wildman–Crippen LogP) is 5.30. The van der Waals surface area contributed by atoms with E-state index in [1.165, 1.54) is 54.5 Å². The number of aliphatic imine (C=N–C) groups is 1. The minimum Gasteiger partial charge on any atom is -0.283 e. The lowest BCUT2D eigenvalue weighted by Crippen LogP contribution is -2.25. The summed E-state index contributed by atoms with van der Waals surface area (Å²) in [6, 6.07) is 5.73. The van der Waals surface area contributed by atoms with Gasteiger partial charge in [0.15, 0.2) is 23.3 Å². The fourth-order valence-corrected chi connectivity index (χ4v) is 4.11.